The summed E-state index contributed by atoms with van der Waals surface area (Å²) in [6.45, 7) is 1.71. The standard InChI is InChI=1S/C15H20ClF3N2/c16-13-3-1-2-11(10-13)14(20)6-9-21-7-4-12(5-8-21)15(17,18)19/h1-3,10,12,14H,4-9,20H2. The molecule has 0 aliphatic carbocycles. The van der Waals surface area contributed by atoms with Crippen molar-refractivity contribution in [3.8, 4) is 0 Å². The third-order valence-electron chi connectivity index (χ3n) is 4.08. The molecule has 1 aliphatic rings. The van der Waals surface area contributed by atoms with Crippen molar-refractivity contribution in [3.05, 3.63) is 34.9 Å². The van der Waals surface area contributed by atoms with E-state index in [-0.39, 0.29) is 18.9 Å². The zero-order valence-electron chi connectivity index (χ0n) is 11.7. The van der Waals surface area contributed by atoms with Gasteiger partial charge in [-0.1, -0.05) is 23.7 Å². The second-order valence-corrected chi connectivity index (χ2v) is 6.04. The van der Waals surface area contributed by atoms with Crippen LogP contribution in [0.4, 0.5) is 13.2 Å². The lowest BCUT2D eigenvalue weighted by atomic mass is 9.95. The molecule has 1 atom stereocenters. The summed E-state index contributed by atoms with van der Waals surface area (Å²) in [4.78, 5) is 2.06. The molecular formula is C15H20ClF3N2. The van der Waals surface area contributed by atoms with Crippen LogP contribution in [0, 0.1) is 5.92 Å². The molecule has 2 N–H and O–H groups in total. The van der Waals surface area contributed by atoms with Gasteiger partial charge in [0.05, 0.1) is 5.92 Å². The Bertz CT molecular complexity index is 456. The van der Waals surface area contributed by atoms with Crippen LogP contribution in [0.3, 0.4) is 0 Å². The van der Waals surface area contributed by atoms with Crippen molar-refractivity contribution in [1.82, 2.24) is 4.90 Å². The summed E-state index contributed by atoms with van der Waals surface area (Å²) in [5.41, 5.74) is 7.08. The number of piperidine rings is 1. The second kappa shape index (κ2) is 6.99. The maximum absolute atomic E-state index is 12.6. The molecule has 2 nitrogen and oxygen atoms in total. The zero-order valence-corrected chi connectivity index (χ0v) is 12.5. The minimum Gasteiger partial charge on any atom is -0.324 e. The summed E-state index contributed by atoms with van der Waals surface area (Å²) in [6, 6.07) is 7.27. The quantitative estimate of drug-likeness (QED) is 0.908. The number of alkyl halides is 3. The third-order valence-corrected chi connectivity index (χ3v) is 4.32. The Kier molecular flexibility index (Phi) is 5.52. The van der Waals surface area contributed by atoms with E-state index in [1.807, 2.05) is 18.2 Å². The lowest BCUT2D eigenvalue weighted by molar-refractivity contribution is -0.185. The van der Waals surface area contributed by atoms with Gasteiger partial charge in [0.2, 0.25) is 0 Å². The number of nitrogens with zero attached hydrogens (tertiary/aromatic N) is 1. The summed E-state index contributed by atoms with van der Waals surface area (Å²) in [7, 11) is 0. The van der Waals surface area contributed by atoms with Crippen molar-refractivity contribution in [1.29, 1.82) is 0 Å². The van der Waals surface area contributed by atoms with Gasteiger partial charge in [0.15, 0.2) is 0 Å². The van der Waals surface area contributed by atoms with E-state index in [0.29, 0.717) is 18.1 Å². The van der Waals surface area contributed by atoms with Gasteiger partial charge in [-0.3, -0.25) is 0 Å². The van der Waals surface area contributed by atoms with Crippen LogP contribution in [0.15, 0.2) is 24.3 Å². The molecular weight excluding hydrogens is 301 g/mol. The normalized spacial score (nSPS) is 19.7. The first-order valence-corrected chi connectivity index (χ1v) is 7.54. The highest BCUT2D eigenvalue weighted by Gasteiger charge is 2.40. The monoisotopic (exact) mass is 320 g/mol. The van der Waals surface area contributed by atoms with Gasteiger partial charge in [-0.25, -0.2) is 0 Å². The Morgan fingerprint density at radius 2 is 1.95 bits per heavy atom. The SMILES string of the molecule is NC(CCN1CCC(C(F)(F)F)CC1)c1cccc(Cl)c1. The molecule has 1 aromatic carbocycles. The molecule has 0 radical (unpaired) electrons. The minimum absolute atomic E-state index is 0.135. The number of halogens is 4. The van der Waals surface area contributed by atoms with Crippen molar-refractivity contribution in [2.75, 3.05) is 19.6 Å². The van der Waals surface area contributed by atoms with Crippen molar-refractivity contribution in [2.45, 2.75) is 31.5 Å². The van der Waals surface area contributed by atoms with E-state index in [1.54, 1.807) is 6.07 Å². The minimum atomic E-state index is -4.05. The highest BCUT2D eigenvalue weighted by Crippen LogP contribution is 2.34. The van der Waals surface area contributed by atoms with E-state index >= 15 is 0 Å². The van der Waals surface area contributed by atoms with Crippen LogP contribution < -0.4 is 5.73 Å². The maximum atomic E-state index is 12.6. The second-order valence-electron chi connectivity index (χ2n) is 5.61. The average Bonchev–Trinajstić information content (AvgIpc) is 2.44. The number of rotatable bonds is 4. The van der Waals surface area contributed by atoms with E-state index in [2.05, 4.69) is 4.90 Å². The van der Waals surface area contributed by atoms with Crippen LogP contribution >= 0.6 is 11.6 Å². The van der Waals surface area contributed by atoms with Gasteiger partial charge < -0.3 is 10.6 Å². The summed E-state index contributed by atoms with van der Waals surface area (Å²) in [5, 5.41) is 0.647. The Morgan fingerprint density at radius 1 is 1.29 bits per heavy atom. The smallest absolute Gasteiger partial charge is 0.324 e. The van der Waals surface area contributed by atoms with Gasteiger partial charge in [0.25, 0.3) is 0 Å². The summed E-state index contributed by atoms with van der Waals surface area (Å²) in [6.07, 6.45) is -2.95. The number of benzene rings is 1. The molecule has 0 aromatic heterocycles. The fourth-order valence-corrected chi connectivity index (χ4v) is 2.91. The highest BCUT2D eigenvalue weighted by molar-refractivity contribution is 6.30. The molecule has 1 unspecified atom stereocenters. The van der Waals surface area contributed by atoms with Gasteiger partial charge in [-0.15, -0.1) is 0 Å². The molecule has 118 valence electrons. The number of hydrogen-bond donors (Lipinski definition) is 1. The van der Waals surface area contributed by atoms with Crippen LogP contribution in [-0.2, 0) is 0 Å². The zero-order chi connectivity index (χ0) is 15.5. The fraction of sp³-hybridized carbons (Fsp3) is 0.600. The van der Waals surface area contributed by atoms with Gasteiger partial charge in [0.1, 0.15) is 0 Å². The van der Waals surface area contributed by atoms with Crippen molar-refractivity contribution in [3.63, 3.8) is 0 Å². The first-order chi connectivity index (χ1) is 9.86. The molecule has 21 heavy (non-hydrogen) atoms. The Balaban J connectivity index is 1.77. The van der Waals surface area contributed by atoms with E-state index < -0.39 is 12.1 Å². The summed E-state index contributed by atoms with van der Waals surface area (Å²) in [5.74, 6) is -1.14. The molecule has 2 rings (SSSR count). The molecule has 0 amide bonds. The average molecular weight is 321 g/mol. The molecule has 1 aliphatic heterocycles. The topological polar surface area (TPSA) is 29.3 Å². The highest BCUT2D eigenvalue weighted by atomic mass is 35.5. The van der Waals surface area contributed by atoms with Crippen LogP contribution in [0.5, 0.6) is 0 Å². The molecule has 0 spiro atoms. The molecule has 0 saturated carbocycles. The Labute approximate surface area is 128 Å². The van der Waals surface area contributed by atoms with Crippen molar-refractivity contribution >= 4 is 11.6 Å². The first kappa shape index (κ1) is 16.6. The molecule has 1 saturated heterocycles. The van der Waals surface area contributed by atoms with E-state index in [4.69, 9.17) is 17.3 Å². The number of likely N-dealkylation sites (tertiary alicyclic amines) is 1. The third kappa shape index (κ3) is 4.87. The van der Waals surface area contributed by atoms with Crippen molar-refractivity contribution in [2.24, 2.45) is 11.7 Å². The lowest BCUT2D eigenvalue weighted by Gasteiger charge is -2.33. The predicted molar refractivity (Wildman–Crippen MR) is 78.2 cm³/mol. The molecule has 0 bridgehead atoms. The molecule has 1 heterocycles. The largest absolute Gasteiger partial charge is 0.391 e. The van der Waals surface area contributed by atoms with Crippen LogP contribution in [-0.4, -0.2) is 30.7 Å². The predicted octanol–water partition coefficient (Wildman–Crippen LogP) is 4.00. The Hall–Kier alpha value is -0.780. The molecule has 1 aromatic rings. The van der Waals surface area contributed by atoms with Crippen LogP contribution in [0.2, 0.25) is 5.02 Å². The van der Waals surface area contributed by atoms with Gasteiger partial charge in [0, 0.05) is 11.1 Å². The van der Waals surface area contributed by atoms with E-state index in [0.717, 1.165) is 18.5 Å². The number of hydrogen-bond acceptors (Lipinski definition) is 2. The maximum Gasteiger partial charge on any atom is 0.391 e. The molecule has 1 fully saturated rings. The van der Waals surface area contributed by atoms with Crippen molar-refractivity contribution < 1.29 is 13.2 Å². The summed E-state index contributed by atoms with van der Waals surface area (Å²) < 4.78 is 37.8. The van der Waals surface area contributed by atoms with Gasteiger partial charge in [-0.2, -0.15) is 13.2 Å². The number of nitrogens with two attached hydrogens (primary N) is 1. The van der Waals surface area contributed by atoms with Crippen LogP contribution in [0.25, 0.3) is 0 Å². The molecule has 6 heteroatoms. The summed E-state index contributed by atoms with van der Waals surface area (Å²) >= 11 is 5.92. The van der Waals surface area contributed by atoms with Gasteiger partial charge in [-0.05, 0) is 56.6 Å². The van der Waals surface area contributed by atoms with Crippen LogP contribution in [0.1, 0.15) is 30.9 Å². The Morgan fingerprint density at radius 3 is 2.52 bits per heavy atom. The van der Waals surface area contributed by atoms with E-state index in [9.17, 15) is 13.2 Å². The first-order valence-electron chi connectivity index (χ1n) is 7.16. The fourth-order valence-electron chi connectivity index (χ4n) is 2.71. The van der Waals surface area contributed by atoms with Gasteiger partial charge >= 0.3 is 6.18 Å². The lowest BCUT2D eigenvalue weighted by Crippen LogP contribution is -2.39. The van der Waals surface area contributed by atoms with E-state index in [1.165, 1.54) is 0 Å².